The minimum absolute atomic E-state index is 0.0227. The first-order valence-corrected chi connectivity index (χ1v) is 8.08. The molecule has 1 amide bonds. The van der Waals surface area contributed by atoms with E-state index in [1.807, 2.05) is 12.1 Å². The smallest absolute Gasteiger partial charge is 0.231 e. The molecule has 0 saturated carbocycles. The van der Waals surface area contributed by atoms with E-state index in [2.05, 4.69) is 15.3 Å². The summed E-state index contributed by atoms with van der Waals surface area (Å²) in [6.07, 6.45) is 7.06. The molecule has 0 aromatic carbocycles. The Hall–Kier alpha value is -1.98. The van der Waals surface area contributed by atoms with Crippen molar-refractivity contribution in [1.82, 2.24) is 9.97 Å². The number of anilines is 1. The van der Waals surface area contributed by atoms with Crippen molar-refractivity contribution in [2.45, 2.75) is 31.0 Å². The molecule has 4 rings (SSSR count). The number of hydrogen-bond acceptors (Lipinski definition) is 4. The van der Waals surface area contributed by atoms with Crippen LogP contribution in [0.2, 0.25) is 5.02 Å². The Kier molecular flexibility index (Phi) is 3.75. The highest BCUT2D eigenvalue weighted by Gasteiger charge is 2.52. The van der Waals surface area contributed by atoms with Gasteiger partial charge in [-0.1, -0.05) is 11.6 Å². The minimum Gasteiger partial charge on any atom is -0.373 e. The van der Waals surface area contributed by atoms with Gasteiger partial charge in [0.2, 0.25) is 5.91 Å². The first-order valence-electron chi connectivity index (χ1n) is 7.70. The van der Waals surface area contributed by atoms with Gasteiger partial charge in [0.1, 0.15) is 5.82 Å². The number of nitrogens with zero attached hydrogens (tertiary/aromatic N) is 2. The van der Waals surface area contributed by atoms with Crippen LogP contribution in [0.25, 0.3) is 0 Å². The Morgan fingerprint density at radius 1 is 1.17 bits per heavy atom. The number of fused-ring (bicyclic) bond motifs is 2. The third-order valence-electron chi connectivity index (χ3n) is 4.65. The topological polar surface area (TPSA) is 64.1 Å². The zero-order chi connectivity index (χ0) is 15.8. The summed E-state index contributed by atoms with van der Waals surface area (Å²) >= 11 is 5.83. The third-order valence-corrected chi connectivity index (χ3v) is 4.87. The average Bonchev–Trinajstić information content (AvgIpc) is 3.19. The average molecular weight is 330 g/mol. The number of halogens is 1. The molecule has 5 nitrogen and oxygen atoms in total. The number of carbonyl (C=O) groups excluding carboxylic acids is 1. The molecule has 4 unspecified atom stereocenters. The minimum atomic E-state index is -0.200. The summed E-state index contributed by atoms with van der Waals surface area (Å²) in [4.78, 5) is 21.0. The number of pyridine rings is 2. The summed E-state index contributed by atoms with van der Waals surface area (Å²) in [5.41, 5.74) is 1.11. The van der Waals surface area contributed by atoms with Crippen molar-refractivity contribution < 1.29 is 9.53 Å². The standard InChI is InChI=1S/C17H16ClN3O2/c18-11-1-4-14(20-9-11)21-17(22)16-13-3-2-12(23-13)15(16)10-5-7-19-8-6-10/h1,4-9,12-13,15-16H,2-3H2,(H,20,21,22). The molecule has 118 valence electrons. The van der Waals surface area contributed by atoms with Gasteiger partial charge in [0, 0.05) is 24.5 Å². The van der Waals surface area contributed by atoms with Gasteiger partial charge in [0.15, 0.2) is 0 Å². The lowest BCUT2D eigenvalue weighted by atomic mass is 9.75. The van der Waals surface area contributed by atoms with E-state index >= 15 is 0 Å². The molecule has 2 aromatic rings. The van der Waals surface area contributed by atoms with Crippen molar-refractivity contribution in [1.29, 1.82) is 0 Å². The lowest BCUT2D eigenvalue weighted by Gasteiger charge is -2.27. The lowest BCUT2D eigenvalue weighted by Crippen LogP contribution is -2.36. The van der Waals surface area contributed by atoms with Crippen LogP contribution in [-0.4, -0.2) is 28.1 Å². The fourth-order valence-corrected chi connectivity index (χ4v) is 3.79. The molecule has 2 saturated heterocycles. The number of aromatic nitrogens is 2. The second-order valence-electron chi connectivity index (χ2n) is 5.97. The van der Waals surface area contributed by atoms with Crippen LogP contribution in [0, 0.1) is 5.92 Å². The van der Waals surface area contributed by atoms with Crippen molar-refractivity contribution in [3.05, 3.63) is 53.4 Å². The number of carbonyl (C=O) groups is 1. The summed E-state index contributed by atoms with van der Waals surface area (Å²) < 4.78 is 6.01. The van der Waals surface area contributed by atoms with Crippen LogP contribution >= 0.6 is 11.6 Å². The van der Waals surface area contributed by atoms with Crippen LogP contribution < -0.4 is 5.32 Å². The van der Waals surface area contributed by atoms with Gasteiger partial charge < -0.3 is 10.1 Å². The van der Waals surface area contributed by atoms with E-state index in [0.717, 1.165) is 18.4 Å². The van der Waals surface area contributed by atoms with Gasteiger partial charge in [-0.05, 0) is 42.7 Å². The van der Waals surface area contributed by atoms with E-state index in [-0.39, 0.29) is 30.0 Å². The maximum absolute atomic E-state index is 12.8. The van der Waals surface area contributed by atoms with Crippen LogP contribution in [0.4, 0.5) is 5.82 Å². The molecule has 0 radical (unpaired) electrons. The number of nitrogens with one attached hydrogen (secondary N) is 1. The van der Waals surface area contributed by atoms with Crippen molar-refractivity contribution in [2.24, 2.45) is 5.92 Å². The number of hydrogen-bond donors (Lipinski definition) is 1. The van der Waals surface area contributed by atoms with Gasteiger partial charge >= 0.3 is 0 Å². The highest BCUT2D eigenvalue weighted by Crippen LogP contribution is 2.49. The second kappa shape index (κ2) is 5.91. The largest absolute Gasteiger partial charge is 0.373 e. The Morgan fingerprint density at radius 2 is 1.96 bits per heavy atom. The monoisotopic (exact) mass is 329 g/mol. The van der Waals surface area contributed by atoms with Crippen LogP contribution in [0.5, 0.6) is 0 Å². The van der Waals surface area contributed by atoms with Gasteiger partial charge in [0.05, 0.1) is 23.1 Å². The molecular weight excluding hydrogens is 314 g/mol. The Labute approximate surface area is 139 Å². The number of rotatable bonds is 3. The van der Waals surface area contributed by atoms with E-state index in [1.165, 1.54) is 6.20 Å². The number of amides is 1. The third kappa shape index (κ3) is 2.71. The Bertz CT molecular complexity index is 708. The maximum atomic E-state index is 12.8. The fraction of sp³-hybridized carbons (Fsp3) is 0.353. The van der Waals surface area contributed by atoms with Crippen LogP contribution in [-0.2, 0) is 9.53 Å². The fourth-order valence-electron chi connectivity index (χ4n) is 3.68. The van der Waals surface area contributed by atoms with E-state index in [4.69, 9.17) is 16.3 Å². The summed E-state index contributed by atoms with van der Waals surface area (Å²) in [5.74, 6) is 0.335. The molecule has 2 fully saturated rings. The maximum Gasteiger partial charge on any atom is 0.231 e. The van der Waals surface area contributed by atoms with Crippen LogP contribution in [0.3, 0.4) is 0 Å². The predicted octanol–water partition coefficient (Wildman–Crippen LogP) is 3.03. The molecule has 2 aromatic heterocycles. The summed E-state index contributed by atoms with van der Waals surface area (Å²) in [7, 11) is 0. The molecule has 23 heavy (non-hydrogen) atoms. The summed E-state index contributed by atoms with van der Waals surface area (Å²) in [6, 6.07) is 7.35. The van der Waals surface area contributed by atoms with Crippen LogP contribution in [0.15, 0.2) is 42.9 Å². The van der Waals surface area contributed by atoms with E-state index < -0.39 is 0 Å². The van der Waals surface area contributed by atoms with Crippen LogP contribution in [0.1, 0.15) is 24.3 Å². The first kappa shape index (κ1) is 14.6. The van der Waals surface area contributed by atoms with Gasteiger partial charge in [-0.25, -0.2) is 4.98 Å². The SMILES string of the molecule is O=C(Nc1ccc(Cl)cn1)C1C2CCC(O2)C1c1ccncc1. The molecule has 1 N–H and O–H groups in total. The molecule has 4 heterocycles. The van der Waals surface area contributed by atoms with E-state index in [1.54, 1.807) is 24.5 Å². The molecule has 6 heteroatoms. The van der Waals surface area contributed by atoms with Gasteiger partial charge in [-0.3, -0.25) is 9.78 Å². The predicted molar refractivity (Wildman–Crippen MR) is 86.2 cm³/mol. The lowest BCUT2D eigenvalue weighted by molar-refractivity contribution is -0.121. The number of ether oxygens (including phenoxy) is 1. The van der Waals surface area contributed by atoms with E-state index in [0.29, 0.717) is 10.8 Å². The quantitative estimate of drug-likeness (QED) is 0.940. The van der Waals surface area contributed by atoms with Crippen molar-refractivity contribution in [2.75, 3.05) is 5.32 Å². The molecule has 0 spiro atoms. The Balaban J connectivity index is 1.58. The molecule has 2 aliphatic heterocycles. The summed E-state index contributed by atoms with van der Waals surface area (Å²) in [5, 5.41) is 3.43. The Morgan fingerprint density at radius 3 is 2.70 bits per heavy atom. The first-order chi connectivity index (χ1) is 11.2. The zero-order valence-electron chi connectivity index (χ0n) is 12.4. The van der Waals surface area contributed by atoms with Crippen molar-refractivity contribution in [3.63, 3.8) is 0 Å². The second-order valence-corrected chi connectivity index (χ2v) is 6.41. The van der Waals surface area contributed by atoms with E-state index in [9.17, 15) is 4.79 Å². The molecule has 0 aliphatic carbocycles. The van der Waals surface area contributed by atoms with Gasteiger partial charge in [-0.15, -0.1) is 0 Å². The van der Waals surface area contributed by atoms with Crippen molar-refractivity contribution >= 4 is 23.3 Å². The summed E-state index contributed by atoms with van der Waals surface area (Å²) in [6.45, 7) is 0. The van der Waals surface area contributed by atoms with Gasteiger partial charge in [-0.2, -0.15) is 0 Å². The van der Waals surface area contributed by atoms with Crippen molar-refractivity contribution in [3.8, 4) is 0 Å². The normalized spacial score (nSPS) is 28.7. The molecule has 4 atom stereocenters. The highest BCUT2D eigenvalue weighted by atomic mass is 35.5. The molecule has 2 bridgehead atoms. The molecular formula is C17H16ClN3O2. The molecule has 2 aliphatic rings. The van der Waals surface area contributed by atoms with Gasteiger partial charge in [0.25, 0.3) is 0 Å². The zero-order valence-corrected chi connectivity index (χ0v) is 13.1. The highest BCUT2D eigenvalue weighted by molar-refractivity contribution is 6.30.